The second-order valence-electron chi connectivity index (χ2n) is 7.59. The first-order valence-electron chi connectivity index (χ1n) is 9.80. The number of amides is 1. The minimum absolute atomic E-state index is 0.104. The van der Waals surface area contributed by atoms with Crippen LogP contribution in [0, 0.1) is 0 Å². The Balaban J connectivity index is 2.10. The number of hydrogen-bond acceptors (Lipinski definition) is 4. The molecule has 0 spiro atoms. The smallest absolute Gasteiger partial charge is 0.295 e. The van der Waals surface area contributed by atoms with Gasteiger partial charge in [0.15, 0.2) is 0 Å². The van der Waals surface area contributed by atoms with Crippen molar-refractivity contribution in [3.05, 3.63) is 69.7 Å². The van der Waals surface area contributed by atoms with Gasteiger partial charge in [-0.3, -0.25) is 9.59 Å². The Morgan fingerprint density at radius 3 is 2.50 bits per heavy atom. The fourth-order valence-corrected chi connectivity index (χ4v) is 3.90. The lowest BCUT2D eigenvalue weighted by Crippen LogP contribution is -3.05. The van der Waals surface area contributed by atoms with Crippen LogP contribution in [-0.2, 0) is 9.59 Å². The normalized spacial score (nSPS) is 18.3. The number of nitrogens with one attached hydrogen (secondary N) is 1. The SMILES string of the molecule is COc1cccc([C@@H]2C(=C(O)c3ccc(Br)cc3)C(=O)C(=O)N2CCC[NH+](C)C)c1. The van der Waals surface area contributed by atoms with Gasteiger partial charge in [-0.25, -0.2) is 0 Å². The van der Waals surface area contributed by atoms with Crippen molar-refractivity contribution in [3.63, 3.8) is 0 Å². The van der Waals surface area contributed by atoms with Crippen molar-refractivity contribution in [2.24, 2.45) is 0 Å². The number of quaternary nitrogens is 1. The van der Waals surface area contributed by atoms with Crippen LogP contribution in [0.15, 0.2) is 58.6 Å². The van der Waals surface area contributed by atoms with Gasteiger partial charge in [0.1, 0.15) is 11.5 Å². The van der Waals surface area contributed by atoms with E-state index in [9.17, 15) is 14.7 Å². The molecule has 30 heavy (non-hydrogen) atoms. The van der Waals surface area contributed by atoms with Crippen molar-refractivity contribution in [3.8, 4) is 5.75 Å². The number of halogens is 1. The molecule has 0 aromatic heterocycles. The zero-order valence-electron chi connectivity index (χ0n) is 17.3. The van der Waals surface area contributed by atoms with Gasteiger partial charge >= 0.3 is 0 Å². The summed E-state index contributed by atoms with van der Waals surface area (Å²) in [7, 11) is 5.65. The Labute approximate surface area is 184 Å². The summed E-state index contributed by atoms with van der Waals surface area (Å²) >= 11 is 3.37. The molecule has 1 amide bonds. The molecule has 0 radical (unpaired) electrons. The summed E-state index contributed by atoms with van der Waals surface area (Å²) in [5, 5.41) is 11.0. The Bertz CT molecular complexity index is 969. The third-order valence-electron chi connectivity index (χ3n) is 5.14. The third-order valence-corrected chi connectivity index (χ3v) is 5.67. The number of benzene rings is 2. The molecular formula is C23H26BrN2O4+. The standard InChI is InChI=1S/C23H25BrN2O4/c1-25(2)12-5-13-26-20(16-6-4-7-18(14-16)30-3)19(22(28)23(26)29)21(27)15-8-10-17(24)11-9-15/h4,6-11,14,20,27H,5,12-13H2,1-3H3/p+1/t20-/m1/s1. The number of nitrogens with zero attached hydrogens (tertiary/aromatic N) is 1. The van der Waals surface area contributed by atoms with Crippen molar-refractivity contribution in [1.82, 2.24) is 4.90 Å². The van der Waals surface area contributed by atoms with Gasteiger partial charge in [-0.2, -0.15) is 0 Å². The number of carbonyl (C=O) groups excluding carboxylic acids is 2. The summed E-state index contributed by atoms with van der Waals surface area (Å²) in [6.07, 6.45) is 0.744. The number of methoxy groups -OCH3 is 1. The van der Waals surface area contributed by atoms with Gasteiger partial charge in [-0.15, -0.1) is 0 Å². The molecule has 7 heteroatoms. The van der Waals surface area contributed by atoms with E-state index in [-0.39, 0.29) is 11.3 Å². The number of rotatable bonds is 7. The highest BCUT2D eigenvalue weighted by Gasteiger charge is 2.45. The largest absolute Gasteiger partial charge is 0.507 e. The number of hydrogen-bond donors (Lipinski definition) is 2. The van der Waals surface area contributed by atoms with E-state index in [1.54, 1.807) is 48.4 Å². The van der Waals surface area contributed by atoms with Crippen LogP contribution in [0.3, 0.4) is 0 Å². The lowest BCUT2D eigenvalue weighted by Gasteiger charge is -2.25. The number of ketones is 1. The van der Waals surface area contributed by atoms with Crippen LogP contribution in [0.4, 0.5) is 0 Å². The quantitative estimate of drug-likeness (QED) is 0.368. The summed E-state index contributed by atoms with van der Waals surface area (Å²) in [5.41, 5.74) is 1.32. The topological polar surface area (TPSA) is 71.3 Å². The molecule has 1 aliphatic rings. The summed E-state index contributed by atoms with van der Waals surface area (Å²) < 4.78 is 6.19. The van der Waals surface area contributed by atoms with Crippen LogP contribution in [0.2, 0.25) is 0 Å². The highest BCUT2D eigenvalue weighted by atomic mass is 79.9. The number of aliphatic hydroxyl groups is 1. The van der Waals surface area contributed by atoms with E-state index < -0.39 is 17.7 Å². The van der Waals surface area contributed by atoms with Crippen molar-refractivity contribution in [1.29, 1.82) is 0 Å². The van der Waals surface area contributed by atoms with Crippen molar-refractivity contribution >= 4 is 33.4 Å². The summed E-state index contributed by atoms with van der Waals surface area (Å²) in [6.45, 7) is 1.29. The van der Waals surface area contributed by atoms with Gasteiger partial charge in [-0.05, 0) is 29.8 Å². The van der Waals surface area contributed by atoms with Gasteiger partial charge in [0.2, 0.25) is 0 Å². The lowest BCUT2D eigenvalue weighted by molar-refractivity contribution is -0.858. The number of likely N-dealkylation sites (tertiary alicyclic amines) is 1. The van der Waals surface area contributed by atoms with Crippen LogP contribution < -0.4 is 9.64 Å². The minimum Gasteiger partial charge on any atom is -0.507 e. The fourth-order valence-electron chi connectivity index (χ4n) is 3.64. The summed E-state index contributed by atoms with van der Waals surface area (Å²) in [6, 6.07) is 13.6. The molecule has 0 aliphatic carbocycles. The molecule has 158 valence electrons. The second-order valence-corrected chi connectivity index (χ2v) is 8.50. The Hall–Kier alpha value is -2.64. The maximum absolute atomic E-state index is 13.0. The maximum Gasteiger partial charge on any atom is 0.295 e. The molecule has 0 unspecified atom stereocenters. The van der Waals surface area contributed by atoms with Gasteiger partial charge < -0.3 is 19.6 Å². The molecule has 1 aliphatic heterocycles. The zero-order chi connectivity index (χ0) is 21.8. The highest BCUT2D eigenvalue weighted by molar-refractivity contribution is 9.10. The van der Waals surface area contributed by atoms with Gasteiger partial charge in [0.05, 0.1) is 39.4 Å². The molecule has 2 aromatic rings. The van der Waals surface area contributed by atoms with E-state index in [0.29, 0.717) is 17.9 Å². The number of ether oxygens (including phenoxy) is 1. The van der Waals surface area contributed by atoms with E-state index in [4.69, 9.17) is 4.74 Å². The molecule has 2 N–H and O–H groups in total. The van der Waals surface area contributed by atoms with E-state index in [0.717, 1.165) is 23.0 Å². The second kappa shape index (κ2) is 9.45. The zero-order valence-corrected chi connectivity index (χ0v) is 18.9. The Morgan fingerprint density at radius 2 is 1.87 bits per heavy atom. The third kappa shape index (κ3) is 4.57. The molecular weight excluding hydrogens is 448 g/mol. The van der Waals surface area contributed by atoms with Crippen LogP contribution in [-0.4, -0.2) is 56.0 Å². The molecule has 0 saturated carbocycles. The average molecular weight is 474 g/mol. The monoisotopic (exact) mass is 473 g/mol. The van der Waals surface area contributed by atoms with Crippen LogP contribution in [0.25, 0.3) is 5.76 Å². The molecule has 6 nitrogen and oxygen atoms in total. The van der Waals surface area contributed by atoms with E-state index in [1.165, 1.54) is 4.90 Å². The highest BCUT2D eigenvalue weighted by Crippen LogP contribution is 2.40. The van der Waals surface area contributed by atoms with Gasteiger partial charge in [0, 0.05) is 23.0 Å². The maximum atomic E-state index is 13.0. The summed E-state index contributed by atoms with van der Waals surface area (Å²) in [5.74, 6) is -0.801. The molecule has 0 bridgehead atoms. The number of carbonyl (C=O) groups is 2. The van der Waals surface area contributed by atoms with Crippen LogP contribution in [0.1, 0.15) is 23.6 Å². The molecule has 1 fully saturated rings. The van der Waals surface area contributed by atoms with E-state index >= 15 is 0 Å². The predicted molar refractivity (Wildman–Crippen MR) is 118 cm³/mol. The van der Waals surface area contributed by atoms with Crippen molar-refractivity contribution in [2.45, 2.75) is 12.5 Å². The van der Waals surface area contributed by atoms with Gasteiger partial charge in [0.25, 0.3) is 11.7 Å². The van der Waals surface area contributed by atoms with E-state index in [2.05, 4.69) is 15.9 Å². The van der Waals surface area contributed by atoms with Crippen LogP contribution >= 0.6 is 15.9 Å². The predicted octanol–water partition coefficient (Wildman–Crippen LogP) is 2.41. The fraction of sp³-hybridized carbons (Fsp3) is 0.304. The first-order valence-corrected chi connectivity index (χ1v) is 10.6. The van der Waals surface area contributed by atoms with Gasteiger partial charge in [-0.1, -0.05) is 40.2 Å². The molecule has 3 rings (SSSR count). The average Bonchev–Trinajstić information content (AvgIpc) is 2.98. The molecule has 1 saturated heterocycles. The number of Topliss-reactive ketones (excluding diaryl/α,β-unsaturated/α-hetero) is 1. The molecule has 1 atom stereocenters. The minimum atomic E-state index is -0.666. The Kier molecular flexibility index (Phi) is 6.95. The Morgan fingerprint density at radius 1 is 1.17 bits per heavy atom. The first kappa shape index (κ1) is 22.1. The summed E-state index contributed by atoms with van der Waals surface area (Å²) in [4.78, 5) is 28.7. The van der Waals surface area contributed by atoms with E-state index in [1.807, 2.05) is 26.2 Å². The first-order chi connectivity index (χ1) is 14.3. The molecule has 2 aromatic carbocycles. The van der Waals surface area contributed by atoms with Crippen LogP contribution in [0.5, 0.6) is 5.75 Å². The number of aliphatic hydroxyl groups excluding tert-OH is 1. The van der Waals surface area contributed by atoms with Crippen molar-refractivity contribution in [2.75, 3.05) is 34.3 Å². The molecule has 1 heterocycles. The lowest BCUT2D eigenvalue weighted by atomic mass is 9.95. The van der Waals surface area contributed by atoms with Crippen molar-refractivity contribution < 1.29 is 24.3 Å².